The highest BCUT2D eigenvalue weighted by Gasteiger charge is 2.25. The molecule has 59 heavy (non-hydrogen) atoms. The van der Waals surface area contributed by atoms with Crippen LogP contribution in [-0.2, 0) is 0 Å². The number of aromatic nitrogens is 1. The molecule has 3 nitrogen and oxygen atoms in total. The zero-order valence-corrected chi connectivity index (χ0v) is 32.1. The minimum Gasteiger partial charge on any atom is -0.456 e. The van der Waals surface area contributed by atoms with Crippen LogP contribution in [0, 0.1) is 0 Å². The Bertz CT molecular complexity index is 3540. The Morgan fingerprint density at radius 3 is 1.80 bits per heavy atom. The molecule has 0 amide bonds. The maximum Gasteiger partial charge on any atom is 0.136 e. The van der Waals surface area contributed by atoms with Crippen molar-refractivity contribution in [2.24, 2.45) is 0 Å². The fraction of sp³-hybridized carbons (Fsp3) is 0. The highest BCUT2D eigenvalue weighted by atomic mass is 16.3. The van der Waals surface area contributed by atoms with E-state index in [-0.39, 0.29) is 0 Å². The molecule has 0 unspecified atom stereocenters. The predicted molar refractivity (Wildman–Crippen MR) is 249 cm³/mol. The van der Waals surface area contributed by atoms with Gasteiger partial charge < -0.3 is 13.9 Å². The van der Waals surface area contributed by atoms with E-state index in [1.807, 2.05) is 0 Å². The smallest absolute Gasteiger partial charge is 0.136 e. The second-order valence-electron chi connectivity index (χ2n) is 15.3. The standard InChI is InChI=1S/C56H36N2O/c1-3-15-37(16-4-1)38-27-29-41(30-28-38)57(42-31-32-47-46-23-11-13-25-50(46)58(52(47)36-42)40-18-5-2-6-19-40)51-33-34-54-56(48-24-12-14-26-53(48)59-54)55(51)49-35-39-17-7-8-20-43(39)44-21-9-10-22-45(44)49/h1-36H. The monoisotopic (exact) mass is 752 g/mol. The van der Waals surface area contributed by atoms with Gasteiger partial charge in [-0.3, -0.25) is 0 Å². The van der Waals surface area contributed by atoms with Crippen molar-refractivity contribution in [2.75, 3.05) is 4.90 Å². The van der Waals surface area contributed by atoms with Crippen molar-refractivity contribution in [3.63, 3.8) is 0 Å². The Balaban J connectivity index is 1.20. The Kier molecular flexibility index (Phi) is 7.54. The van der Waals surface area contributed by atoms with E-state index in [4.69, 9.17) is 4.42 Å². The minimum atomic E-state index is 0.862. The highest BCUT2D eigenvalue weighted by Crippen LogP contribution is 2.50. The van der Waals surface area contributed by atoms with Gasteiger partial charge in [0.25, 0.3) is 0 Å². The predicted octanol–water partition coefficient (Wildman–Crippen LogP) is 15.8. The van der Waals surface area contributed by atoms with Gasteiger partial charge in [-0.1, -0.05) is 152 Å². The summed E-state index contributed by atoms with van der Waals surface area (Å²) >= 11 is 0. The summed E-state index contributed by atoms with van der Waals surface area (Å²) in [5, 5.41) is 9.50. The Morgan fingerprint density at radius 1 is 0.373 bits per heavy atom. The molecule has 10 aromatic carbocycles. The Hall–Kier alpha value is -7.88. The lowest BCUT2D eigenvalue weighted by Gasteiger charge is -2.29. The van der Waals surface area contributed by atoms with Gasteiger partial charge in [-0.05, 0) is 105 Å². The Morgan fingerprint density at radius 2 is 0.983 bits per heavy atom. The molecule has 0 saturated heterocycles. The number of nitrogens with zero attached hydrogens (tertiary/aromatic N) is 2. The lowest BCUT2D eigenvalue weighted by Crippen LogP contribution is -2.12. The lowest BCUT2D eigenvalue weighted by atomic mass is 9.89. The fourth-order valence-corrected chi connectivity index (χ4v) is 9.34. The van der Waals surface area contributed by atoms with Gasteiger partial charge in [0.2, 0.25) is 0 Å². The molecule has 276 valence electrons. The maximum absolute atomic E-state index is 6.66. The van der Waals surface area contributed by atoms with Gasteiger partial charge in [0.05, 0.1) is 16.7 Å². The van der Waals surface area contributed by atoms with Crippen molar-refractivity contribution in [3.05, 3.63) is 218 Å². The summed E-state index contributed by atoms with van der Waals surface area (Å²) in [6.45, 7) is 0. The summed E-state index contributed by atoms with van der Waals surface area (Å²) in [5.41, 5.74) is 13.0. The van der Waals surface area contributed by atoms with Crippen LogP contribution in [0.3, 0.4) is 0 Å². The van der Waals surface area contributed by atoms with Crippen LogP contribution in [0.5, 0.6) is 0 Å². The van der Waals surface area contributed by atoms with Crippen LogP contribution in [0.1, 0.15) is 0 Å². The number of para-hydroxylation sites is 3. The molecule has 0 atom stereocenters. The molecule has 0 aliphatic carbocycles. The number of hydrogen-bond donors (Lipinski definition) is 0. The number of benzene rings is 10. The molecule has 0 fully saturated rings. The van der Waals surface area contributed by atoms with E-state index in [0.717, 1.165) is 61.3 Å². The zero-order valence-electron chi connectivity index (χ0n) is 32.1. The third kappa shape index (κ3) is 5.29. The van der Waals surface area contributed by atoms with Crippen LogP contribution in [-0.4, -0.2) is 4.57 Å². The van der Waals surface area contributed by atoms with E-state index in [1.54, 1.807) is 0 Å². The molecule has 0 spiro atoms. The molecule has 12 rings (SSSR count). The molecule has 0 radical (unpaired) electrons. The third-order valence-corrected chi connectivity index (χ3v) is 12.0. The lowest BCUT2D eigenvalue weighted by molar-refractivity contribution is 0.669. The summed E-state index contributed by atoms with van der Waals surface area (Å²) < 4.78 is 9.06. The highest BCUT2D eigenvalue weighted by molar-refractivity contribution is 6.23. The van der Waals surface area contributed by atoms with Crippen LogP contribution in [0.15, 0.2) is 223 Å². The topological polar surface area (TPSA) is 21.3 Å². The molecule has 0 aliphatic rings. The van der Waals surface area contributed by atoms with E-state index >= 15 is 0 Å². The average Bonchev–Trinajstić information content (AvgIpc) is 3.85. The van der Waals surface area contributed by atoms with Crippen LogP contribution in [0.25, 0.3) is 93.2 Å². The quantitative estimate of drug-likeness (QED) is 0.158. The second-order valence-corrected chi connectivity index (χ2v) is 15.3. The minimum absolute atomic E-state index is 0.862. The summed E-state index contributed by atoms with van der Waals surface area (Å²) in [7, 11) is 0. The molecule has 0 saturated carbocycles. The van der Waals surface area contributed by atoms with Crippen LogP contribution >= 0.6 is 0 Å². The van der Waals surface area contributed by atoms with Gasteiger partial charge in [-0.2, -0.15) is 0 Å². The van der Waals surface area contributed by atoms with Crippen LogP contribution in [0.4, 0.5) is 17.1 Å². The zero-order chi connectivity index (χ0) is 38.9. The summed E-state index contributed by atoms with van der Waals surface area (Å²) in [5.74, 6) is 0. The van der Waals surface area contributed by atoms with Crippen molar-refractivity contribution in [2.45, 2.75) is 0 Å². The second kappa shape index (κ2) is 13.4. The number of fused-ring (bicyclic) bond motifs is 9. The van der Waals surface area contributed by atoms with E-state index in [1.165, 1.54) is 49.0 Å². The van der Waals surface area contributed by atoms with E-state index in [2.05, 4.69) is 228 Å². The van der Waals surface area contributed by atoms with Crippen molar-refractivity contribution >= 4 is 82.4 Å². The van der Waals surface area contributed by atoms with Gasteiger partial charge in [0.1, 0.15) is 11.2 Å². The molecule has 0 N–H and O–H groups in total. The number of furan rings is 1. The molecule has 2 heterocycles. The summed E-state index contributed by atoms with van der Waals surface area (Å²) in [6, 6.07) is 78.8. The van der Waals surface area contributed by atoms with Gasteiger partial charge >= 0.3 is 0 Å². The van der Waals surface area contributed by atoms with Crippen LogP contribution in [0.2, 0.25) is 0 Å². The molecule has 3 heteroatoms. The fourth-order valence-electron chi connectivity index (χ4n) is 9.34. The SMILES string of the molecule is c1ccc(-c2ccc(N(c3ccc4c5ccccc5n(-c5ccccc5)c4c3)c3ccc4oc5ccccc5c4c3-c3cc4ccccc4c4ccccc34)cc2)cc1. The molecular formula is C56H36N2O. The largest absolute Gasteiger partial charge is 0.456 e. The van der Waals surface area contributed by atoms with Crippen molar-refractivity contribution in [1.29, 1.82) is 0 Å². The third-order valence-electron chi connectivity index (χ3n) is 12.0. The first-order valence-corrected chi connectivity index (χ1v) is 20.2. The molecule has 0 bridgehead atoms. The van der Waals surface area contributed by atoms with Crippen molar-refractivity contribution in [1.82, 2.24) is 4.57 Å². The summed E-state index contributed by atoms with van der Waals surface area (Å²) in [4.78, 5) is 2.45. The van der Waals surface area contributed by atoms with Crippen molar-refractivity contribution < 1.29 is 4.42 Å². The van der Waals surface area contributed by atoms with Gasteiger partial charge in [-0.15, -0.1) is 0 Å². The first kappa shape index (κ1) is 33.3. The van der Waals surface area contributed by atoms with Gasteiger partial charge in [0, 0.05) is 44.2 Å². The van der Waals surface area contributed by atoms with Gasteiger partial charge in [0.15, 0.2) is 0 Å². The number of anilines is 3. The number of rotatable bonds is 6. The van der Waals surface area contributed by atoms with Crippen molar-refractivity contribution in [3.8, 4) is 27.9 Å². The average molecular weight is 753 g/mol. The van der Waals surface area contributed by atoms with Crippen LogP contribution < -0.4 is 4.90 Å². The molecule has 12 aromatic rings. The van der Waals surface area contributed by atoms with E-state index in [0.29, 0.717) is 0 Å². The first-order valence-electron chi connectivity index (χ1n) is 20.2. The summed E-state index contributed by atoms with van der Waals surface area (Å²) in [6.07, 6.45) is 0. The number of hydrogen-bond acceptors (Lipinski definition) is 2. The van der Waals surface area contributed by atoms with E-state index in [9.17, 15) is 0 Å². The van der Waals surface area contributed by atoms with Gasteiger partial charge in [-0.25, -0.2) is 0 Å². The first-order chi connectivity index (χ1) is 29.3. The Labute approximate surface area is 341 Å². The maximum atomic E-state index is 6.66. The van der Waals surface area contributed by atoms with E-state index < -0.39 is 0 Å². The normalized spacial score (nSPS) is 11.7. The molecule has 2 aromatic heterocycles. The molecule has 0 aliphatic heterocycles. The molecular weight excluding hydrogens is 717 g/mol.